The summed E-state index contributed by atoms with van der Waals surface area (Å²) in [5.74, 6) is -1.62. The van der Waals surface area contributed by atoms with Crippen molar-refractivity contribution in [3.05, 3.63) is 63.7 Å². The van der Waals surface area contributed by atoms with Crippen molar-refractivity contribution in [2.75, 3.05) is 19.5 Å². The van der Waals surface area contributed by atoms with Crippen LogP contribution in [0.1, 0.15) is 22.8 Å². The molecule has 0 radical (unpaired) electrons. The first-order valence-corrected chi connectivity index (χ1v) is 8.83. The van der Waals surface area contributed by atoms with Crippen molar-refractivity contribution in [1.82, 2.24) is 5.32 Å². The van der Waals surface area contributed by atoms with E-state index in [9.17, 15) is 24.5 Å². The summed E-state index contributed by atoms with van der Waals surface area (Å²) in [4.78, 5) is 47.0. The summed E-state index contributed by atoms with van der Waals surface area (Å²) in [7, 11) is 2.48. The lowest BCUT2D eigenvalue weighted by molar-refractivity contribution is -0.385. The minimum atomic E-state index is -1.11. The maximum absolute atomic E-state index is 12.7. The summed E-state index contributed by atoms with van der Waals surface area (Å²) in [6.45, 7) is 1.31. The lowest BCUT2D eigenvalue weighted by Crippen LogP contribution is -2.43. The van der Waals surface area contributed by atoms with E-state index in [-0.39, 0.29) is 35.0 Å². The molecule has 2 aromatic rings. The van der Waals surface area contributed by atoms with Gasteiger partial charge >= 0.3 is 11.7 Å². The molecule has 0 unspecified atom stereocenters. The first-order chi connectivity index (χ1) is 14.3. The fourth-order valence-electron chi connectivity index (χ4n) is 2.79. The second-order valence-corrected chi connectivity index (χ2v) is 6.24. The Bertz CT molecular complexity index is 975. The molecule has 10 heteroatoms. The number of nitrogens with one attached hydrogen (secondary N) is 2. The van der Waals surface area contributed by atoms with Crippen LogP contribution in [0.25, 0.3) is 0 Å². The van der Waals surface area contributed by atoms with Gasteiger partial charge in [-0.05, 0) is 23.8 Å². The molecule has 2 N–H and O–H groups in total. The van der Waals surface area contributed by atoms with Crippen molar-refractivity contribution < 1.29 is 28.8 Å². The number of rotatable bonds is 8. The molecule has 0 bridgehead atoms. The number of methoxy groups -OCH3 is 2. The molecule has 0 heterocycles. The fourth-order valence-corrected chi connectivity index (χ4v) is 2.79. The molecule has 2 rings (SSSR count). The summed E-state index contributed by atoms with van der Waals surface area (Å²) >= 11 is 0. The van der Waals surface area contributed by atoms with Gasteiger partial charge in [-0.25, -0.2) is 4.79 Å². The van der Waals surface area contributed by atoms with Gasteiger partial charge in [0.2, 0.25) is 5.91 Å². The topological polar surface area (TPSA) is 137 Å². The third-order valence-electron chi connectivity index (χ3n) is 4.15. The maximum atomic E-state index is 12.7. The minimum Gasteiger partial charge on any atom is -0.490 e. The molecule has 158 valence electrons. The fraction of sp³-hybridized carbons (Fsp3) is 0.250. The van der Waals surface area contributed by atoms with Gasteiger partial charge in [0.15, 0.2) is 5.75 Å². The number of carbonyl (C=O) groups excluding carboxylic acids is 3. The quantitative estimate of drug-likeness (QED) is 0.382. The van der Waals surface area contributed by atoms with Crippen LogP contribution in [0.4, 0.5) is 11.4 Å². The number of nitrogens with zero attached hydrogens (tertiary/aromatic N) is 1. The Labute approximate surface area is 172 Å². The molecule has 0 saturated heterocycles. The van der Waals surface area contributed by atoms with Crippen LogP contribution in [0.2, 0.25) is 0 Å². The summed E-state index contributed by atoms with van der Waals surface area (Å²) < 4.78 is 9.72. The van der Waals surface area contributed by atoms with Crippen LogP contribution in [0, 0.1) is 10.1 Å². The van der Waals surface area contributed by atoms with Crippen molar-refractivity contribution in [2.24, 2.45) is 0 Å². The highest BCUT2D eigenvalue weighted by atomic mass is 16.6. The van der Waals surface area contributed by atoms with Crippen LogP contribution in [0.15, 0.2) is 42.5 Å². The highest BCUT2D eigenvalue weighted by molar-refractivity contribution is 6.04. The van der Waals surface area contributed by atoms with Crippen molar-refractivity contribution in [3.8, 4) is 5.75 Å². The molecule has 0 aliphatic carbocycles. The number of carbonyl (C=O) groups is 3. The molecular weight excluding hydrogens is 394 g/mol. The molecule has 0 spiro atoms. The van der Waals surface area contributed by atoms with E-state index in [4.69, 9.17) is 9.47 Å². The zero-order chi connectivity index (χ0) is 22.3. The first kappa shape index (κ1) is 22.3. The average Bonchev–Trinajstić information content (AvgIpc) is 2.72. The Kier molecular flexibility index (Phi) is 7.45. The van der Waals surface area contributed by atoms with Gasteiger partial charge < -0.3 is 20.1 Å². The van der Waals surface area contributed by atoms with Crippen LogP contribution >= 0.6 is 0 Å². The number of anilines is 1. The molecule has 2 aromatic carbocycles. The van der Waals surface area contributed by atoms with Crippen LogP contribution in [-0.4, -0.2) is 43.0 Å². The lowest BCUT2D eigenvalue weighted by atomic mass is 10.0. The van der Waals surface area contributed by atoms with Crippen LogP contribution in [0.5, 0.6) is 5.75 Å². The van der Waals surface area contributed by atoms with E-state index in [0.717, 1.165) is 0 Å². The number of esters is 1. The minimum absolute atomic E-state index is 0.0500. The Morgan fingerprint density at radius 1 is 1.13 bits per heavy atom. The Morgan fingerprint density at radius 2 is 1.83 bits per heavy atom. The van der Waals surface area contributed by atoms with Crippen LogP contribution in [-0.2, 0) is 20.7 Å². The standard InChI is InChI=1S/C20H21N3O7/c1-12(24)21-15-7-5-4-6-14(15)19(25)22-16(20(26)30-3)10-13-8-9-18(29-2)17(11-13)23(27)28/h4-9,11,16H,10H2,1-3H3,(H,21,24)(H,22,25)/t16-/m0/s1. The largest absolute Gasteiger partial charge is 0.490 e. The van der Waals surface area contributed by atoms with Crippen molar-refractivity contribution in [3.63, 3.8) is 0 Å². The van der Waals surface area contributed by atoms with E-state index >= 15 is 0 Å². The number of para-hydroxylation sites is 1. The number of nitro groups is 1. The number of hydrogen-bond acceptors (Lipinski definition) is 7. The molecular formula is C20H21N3O7. The van der Waals surface area contributed by atoms with Crippen LogP contribution < -0.4 is 15.4 Å². The van der Waals surface area contributed by atoms with Crippen molar-refractivity contribution in [1.29, 1.82) is 0 Å². The van der Waals surface area contributed by atoms with Crippen molar-refractivity contribution in [2.45, 2.75) is 19.4 Å². The van der Waals surface area contributed by atoms with E-state index in [1.807, 2.05) is 0 Å². The van der Waals surface area contributed by atoms with Gasteiger partial charge in [-0.15, -0.1) is 0 Å². The Balaban J connectivity index is 2.29. The zero-order valence-corrected chi connectivity index (χ0v) is 16.6. The SMILES string of the molecule is COC(=O)[C@H](Cc1ccc(OC)c([N+](=O)[O-])c1)NC(=O)c1ccccc1NC(C)=O. The molecule has 0 aliphatic heterocycles. The van der Waals surface area contributed by atoms with Gasteiger partial charge in [0.05, 0.1) is 30.4 Å². The van der Waals surface area contributed by atoms with Gasteiger partial charge in [-0.2, -0.15) is 0 Å². The Morgan fingerprint density at radius 3 is 2.43 bits per heavy atom. The molecule has 0 aliphatic rings. The first-order valence-electron chi connectivity index (χ1n) is 8.83. The van der Waals surface area contributed by atoms with E-state index < -0.39 is 22.8 Å². The van der Waals surface area contributed by atoms with E-state index in [1.165, 1.54) is 39.3 Å². The van der Waals surface area contributed by atoms with Crippen LogP contribution in [0.3, 0.4) is 0 Å². The number of benzene rings is 2. The highest BCUT2D eigenvalue weighted by Gasteiger charge is 2.25. The molecule has 0 saturated carbocycles. The van der Waals surface area contributed by atoms with E-state index in [1.54, 1.807) is 24.3 Å². The van der Waals surface area contributed by atoms with Gasteiger partial charge in [0.25, 0.3) is 5.91 Å². The lowest BCUT2D eigenvalue weighted by Gasteiger charge is -2.18. The summed E-state index contributed by atoms with van der Waals surface area (Å²) in [5, 5.41) is 16.3. The van der Waals surface area contributed by atoms with E-state index in [2.05, 4.69) is 10.6 Å². The molecule has 0 fully saturated rings. The molecule has 30 heavy (non-hydrogen) atoms. The predicted octanol–water partition coefficient (Wildman–Crippen LogP) is 2.08. The third kappa shape index (κ3) is 5.53. The normalized spacial score (nSPS) is 11.2. The zero-order valence-electron chi connectivity index (χ0n) is 16.6. The van der Waals surface area contributed by atoms with Gasteiger partial charge in [0.1, 0.15) is 6.04 Å². The third-order valence-corrected chi connectivity index (χ3v) is 4.15. The number of hydrogen-bond donors (Lipinski definition) is 2. The number of amides is 2. The highest BCUT2D eigenvalue weighted by Crippen LogP contribution is 2.28. The average molecular weight is 415 g/mol. The van der Waals surface area contributed by atoms with E-state index in [0.29, 0.717) is 5.56 Å². The number of ether oxygens (including phenoxy) is 2. The summed E-state index contributed by atoms with van der Waals surface area (Å²) in [6.07, 6.45) is -0.0500. The monoisotopic (exact) mass is 415 g/mol. The Hall–Kier alpha value is -3.95. The molecule has 0 aromatic heterocycles. The smallest absolute Gasteiger partial charge is 0.328 e. The number of nitro benzene ring substituents is 1. The van der Waals surface area contributed by atoms with Gasteiger partial charge in [-0.3, -0.25) is 19.7 Å². The van der Waals surface area contributed by atoms with Gasteiger partial charge in [0, 0.05) is 19.4 Å². The maximum Gasteiger partial charge on any atom is 0.328 e. The van der Waals surface area contributed by atoms with Crippen molar-refractivity contribution >= 4 is 29.2 Å². The predicted molar refractivity (Wildman–Crippen MR) is 107 cm³/mol. The second-order valence-electron chi connectivity index (χ2n) is 6.24. The molecule has 2 amide bonds. The summed E-state index contributed by atoms with van der Waals surface area (Å²) in [5.41, 5.74) is 0.600. The summed E-state index contributed by atoms with van der Waals surface area (Å²) in [6, 6.07) is 9.43. The second kappa shape index (κ2) is 10.0. The van der Waals surface area contributed by atoms with Gasteiger partial charge in [-0.1, -0.05) is 18.2 Å². The molecule has 1 atom stereocenters. The molecule has 10 nitrogen and oxygen atoms in total.